The van der Waals surface area contributed by atoms with Crippen molar-refractivity contribution < 1.29 is 14.3 Å². The molecule has 1 atom stereocenters. The molecule has 3 heterocycles. The second-order valence-corrected chi connectivity index (χ2v) is 10.1. The zero-order valence-electron chi connectivity index (χ0n) is 23.8. The number of methoxy groups -OCH3 is 1. The van der Waals surface area contributed by atoms with Crippen LogP contribution in [0.4, 0.5) is 23.1 Å². The van der Waals surface area contributed by atoms with Gasteiger partial charge in [-0.3, -0.25) is 14.5 Å². The molecule has 1 aliphatic heterocycles. The van der Waals surface area contributed by atoms with E-state index in [0.717, 1.165) is 53.3 Å². The largest absolute Gasteiger partial charge is 0.481 e. The first-order valence-corrected chi connectivity index (χ1v) is 13.3. The van der Waals surface area contributed by atoms with E-state index in [4.69, 9.17) is 9.72 Å². The summed E-state index contributed by atoms with van der Waals surface area (Å²) in [7, 11) is 1.57. The number of nitrogens with one attached hydrogen (secondary N) is 2. The molecule has 2 aromatic heterocycles. The van der Waals surface area contributed by atoms with Gasteiger partial charge in [0.15, 0.2) is 5.78 Å². The minimum Gasteiger partial charge on any atom is -0.481 e. The van der Waals surface area contributed by atoms with Crippen molar-refractivity contribution in [3.8, 4) is 5.88 Å². The summed E-state index contributed by atoms with van der Waals surface area (Å²) >= 11 is 0. The van der Waals surface area contributed by atoms with E-state index in [-0.39, 0.29) is 24.2 Å². The minimum atomic E-state index is -0.0625. The van der Waals surface area contributed by atoms with Gasteiger partial charge >= 0.3 is 0 Å². The summed E-state index contributed by atoms with van der Waals surface area (Å²) in [4.78, 5) is 41.8. The normalized spacial score (nSPS) is 15.4. The highest BCUT2D eigenvalue weighted by atomic mass is 16.5. The molecule has 3 aromatic rings. The molecule has 0 aliphatic carbocycles. The third-order valence-corrected chi connectivity index (χ3v) is 7.12. The molecule has 0 bridgehead atoms. The van der Waals surface area contributed by atoms with Crippen LogP contribution in [-0.2, 0) is 22.6 Å². The predicted octanol–water partition coefficient (Wildman–Crippen LogP) is 4.33. The average molecular weight is 544 g/mol. The first-order chi connectivity index (χ1) is 19.2. The molecule has 0 saturated carbocycles. The van der Waals surface area contributed by atoms with Gasteiger partial charge in [0.1, 0.15) is 5.82 Å². The predicted molar refractivity (Wildman–Crippen MR) is 156 cm³/mol. The maximum absolute atomic E-state index is 12.4. The number of anilines is 4. The first kappa shape index (κ1) is 28.7. The minimum absolute atomic E-state index is 0.0625. The molecule has 210 valence electrons. The van der Waals surface area contributed by atoms with Gasteiger partial charge in [-0.1, -0.05) is 18.7 Å². The lowest BCUT2D eigenvalue weighted by atomic mass is 10.0. The van der Waals surface area contributed by atoms with Crippen molar-refractivity contribution in [2.24, 2.45) is 0 Å². The van der Waals surface area contributed by atoms with Crippen molar-refractivity contribution in [1.82, 2.24) is 24.8 Å². The molecule has 1 amide bonds. The monoisotopic (exact) mass is 543 g/mol. The van der Waals surface area contributed by atoms with E-state index < -0.39 is 0 Å². The van der Waals surface area contributed by atoms with Crippen LogP contribution >= 0.6 is 0 Å². The lowest BCUT2D eigenvalue weighted by Crippen LogP contribution is -2.52. The molecule has 1 fully saturated rings. The molecule has 0 unspecified atom stereocenters. The summed E-state index contributed by atoms with van der Waals surface area (Å²) in [5.74, 6) is 1.59. The Balaban J connectivity index is 1.56. The molecule has 1 aromatic carbocycles. The summed E-state index contributed by atoms with van der Waals surface area (Å²) in [6.45, 7) is 14.2. The fourth-order valence-electron chi connectivity index (χ4n) is 4.65. The average Bonchev–Trinajstić information content (AvgIpc) is 2.93. The van der Waals surface area contributed by atoms with Crippen molar-refractivity contribution in [1.29, 1.82) is 0 Å². The van der Waals surface area contributed by atoms with Crippen molar-refractivity contribution in [3.63, 3.8) is 0 Å². The van der Waals surface area contributed by atoms with Crippen LogP contribution in [0.15, 0.2) is 49.3 Å². The molecule has 40 heavy (non-hydrogen) atoms. The Morgan fingerprint density at radius 2 is 1.88 bits per heavy atom. The quantitative estimate of drug-likeness (QED) is 0.361. The van der Waals surface area contributed by atoms with Crippen LogP contribution in [0.1, 0.15) is 36.1 Å². The smallest absolute Gasteiger partial charge is 0.229 e. The Morgan fingerprint density at radius 1 is 1.10 bits per heavy atom. The van der Waals surface area contributed by atoms with Crippen molar-refractivity contribution in [2.45, 2.75) is 46.7 Å². The van der Waals surface area contributed by atoms with Gasteiger partial charge in [-0.25, -0.2) is 9.97 Å². The van der Waals surface area contributed by atoms with Crippen molar-refractivity contribution in [3.05, 3.63) is 71.6 Å². The standard InChI is InChI=1S/C30H37N7O3/c1-7-25(39)13-24-12-23(18-36-10-11-37(22(5)38)17-21(36)4)8-9-26(24)33-29-20(3)16-32-30(35-29)34-27-14-28(40-6)31-15-19(27)2/h7-9,12,14-16,21H,1,10-11,13,17-18H2,2-6H3,(H2,31,32,33,34,35)/t21-/m1/s1. The summed E-state index contributed by atoms with van der Waals surface area (Å²) in [6, 6.07) is 8.16. The zero-order chi connectivity index (χ0) is 28.8. The molecule has 2 N–H and O–H groups in total. The molecule has 1 aliphatic rings. The molecular weight excluding hydrogens is 506 g/mol. The van der Waals surface area contributed by atoms with Crippen LogP contribution in [0.3, 0.4) is 0 Å². The highest BCUT2D eigenvalue weighted by Crippen LogP contribution is 2.27. The number of carbonyl (C=O) groups is 2. The van der Waals surface area contributed by atoms with Gasteiger partial charge in [0, 0.05) is 75.3 Å². The van der Waals surface area contributed by atoms with Crippen LogP contribution < -0.4 is 15.4 Å². The lowest BCUT2D eigenvalue weighted by molar-refractivity contribution is -0.131. The van der Waals surface area contributed by atoms with E-state index in [1.807, 2.05) is 24.8 Å². The number of pyridine rings is 1. The summed E-state index contributed by atoms with van der Waals surface area (Å²) in [5, 5.41) is 6.66. The molecular formula is C30H37N7O3. The Bertz CT molecular complexity index is 1410. The van der Waals surface area contributed by atoms with E-state index in [9.17, 15) is 9.59 Å². The summed E-state index contributed by atoms with van der Waals surface area (Å²) < 4.78 is 5.24. The van der Waals surface area contributed by atoms with Crippen LogP contribution in [-0.4, -0.2) is 69.2 Å². The zero-order valence-corrected chi connectivity index (χ0v) is 23.8. The topological polar surface area (TPSA) is 113 Å². The lowest BCUT2D eigenvalue weighted by Gasteiger charge is -2.39. The number of benzene rings is 1. The third-order valence-electron chi connectivity index (χ3n) is 7.12. The third kappa shape index (κ3) is 7.01. The molecule has 4 rings (SSSR count). The number of hydrogen-bond donors (Lipinski definition) is 2. The van der Waals surface area contributed by atoms with Crippen LogP contribution in [0.5, 0.6) is 5.88 Å². The van der Waals surface area contributed by atoms with Crippen molar-refractivity contribution in [2.75, 3.05) is 37.4 Å². The molecule has 1 saturated heterocycles. The van der Waals surface area contributed by atoms with Gasteiger partial charge in [0.2, 0.25) is 17.7 Å². The van der Waals surface area contributed by atoms with Gasteiger partial charge in [-0.15, -0.1) is 0 Å². The number of amides is 1. The number of hydrogen-bond acceptors (Lipinski definition) is 9. The van der Waals surface area contributed by atoms with Crippen LogP contribution in [0.25, 0.3) is 0 Å². The first-order valence-electron chi connectivity index (χ1n) is 13.3. The summed E-state index contributed by atoms with van der Waals surface area (Å²) in [6.07, 6.45) is 5.04. The number of piperazine rings is 1. The number of aryl methyl sites for hydroxylation is 2. The second kappa shape index (κ2) is 12.7. The van der Waals surface area contributed by atoms with E-state index in [2.05, 4.69) is 51.1 Å². The van der Waals surface area contributed by atoms with E-state index >= 15 is 0 Å². The van der Waals surface area contributed by atoms with Gasteiger partial charge in [0.05, 0.1) is 12.8 Å². The number of allylic oxidation sites excluding steroid dienone is 1. The molecule has 0 spiro atoms. The Morgan fingerprint density at radius 3 is 2.58 bits per heavy atom. The maximum atomic E-state index is 12.4. The number of carbonyl (C=O) groups excluding carboxylic acids is 2. The molecule has 10 heteroatoms. The van der Waals surface area contributed by atoms with E-state index in [1.54, 1.807) is 32.5 Å². The number of ether oxygens (including phenoxy) is 1. The highest BCUT2D eigenvalue weighted by Gasteiger charge is 2.25. The Hall–Kier alpha value is -4.31. The molecule has 10 nitrogen and oxygen atoms in total. The number of nitrogens with zero attached hydrogens (tertiary/aromatic N) is 5. The SMILES string of the molecule is C=CC(=O)Cc1cc(CN2CCN(C(C)=O)C[C@H]2C)ccc1Nc1nc(Nc2cc(OC)ncc2C)ncc1C. The fraction of sp³-hybridized carbons (Fsp3) is 0.367. The van der Waals surface area contributed by atoms with Gasteiger partial charge in [-0.2, -0.15) is 4.98 Å². The Kier molecular flexibility index (Phi) is 9.11. The fourth-order valence-corrected chi connectivity index (χ4v) is 4.65. The number of aromatic nitrogens is 3. The summed E-state index contributed by atoms with van der Waals surface area (Å²) in [5.41, 5.74) is 5.34. The van der Waals surface area contributed by atoms with E-state index in [1.165, 1.54) is 6.08 Å². The number of ketones is 1. The van der Waals surface area contributed by atoms with Crippen LogP contribution in [0.2, 0.25) is 0 Å². The van der Waals surface area contributed by atoms with Gasteiger partial charge < -0.3 is 20.3 Å². The van der Waals surface area contributed by atoms with Crippen molar-refractivity contribution >= 4 is 34.8 Å². The molecule has 0 radical (unpaired) electrons. The Labute approximate surface area is 235 Å². The van der Waals surface area contributed by atoms with Gasteiger partial charge in [0.25, 0.3) is 0 Å². The van der Waals surface area contributed by atoms with Gasteiger partial charge in [-0.05, 0) is 49.6 Å². The number of rotatable bonds is 10. The highest BCUT2D eigenvalue weighted by molar-refractivity contribution is 5.92. The van der Waals surface area contributed by atoms with Crippen LogP contribution in [0, 0.1) is 13.8 Å². The maximum Gasteiger partial charge on any atom is 0.229 e. The van der Waals surface area contributed by atoms with E-state index in [0.29, 0.717) is 24.2 Å². The second-order valence-electron chi connectivity index (χ2n) is 10.1.